The summed E-state index contributed by atoms with van der Waals surface area (Å²) in [6.45, 7) is 0. The molecule has 1 aliphatic rings. The van der Waals surface area contributed by atoms with Crippen molar-refractivity contribution < 1.29 is 17.9 Å². The summed E-state index contributed by atoms with van der Waals surface area (Å²) in [4.78, 5) is 0. The van der Waals surface area contributed by atoms with Gasteiger partial charge in [-0.05, 0) is 35.9 Å². The molecule has 140 valence electrons. The predicted octanol–water partition coefficient (Wildman–Crippen LogP) is 5.84. The summed E-state index contributed by atoms with van der Waals surface area (Å²) in [6, 6.07) is 22.9. The molecule has 0 spiro atoms. The van der Waals surface area contributed by atoms with Crippen molar-refractivity contribution in [3.8, 4) is 0 Å². The lowest BCUT2D eigenvalue weighted by Gasteiger charge is -2.31. The van der Waals surface area contributed by atoms with Crippen molar-refractivity contribution in [2.24, 2.45) is 0 Å². The van der Waals surface area contributed by atoms with Crippen molar-refractivity contribution in [3.05, 3.63) is 118 Å². The Hall–Kier alpha value is -3.34. The van der Waals surface area contributed by atoms with Crippen LogP contribution in [0.2, 0.25) is 0 Å². The minimum absolute atomic E-state index is 0.532. The van der Waals surface area contributed by atoms with Crippen LogP contribution in [0.1, 0.15) is 28.3 Å². The number of hydrogen-bond donors (Lipinski definition) is 0. The number of nitrogens with zero attached hydrogens (tertiary/aromatic N) is 1. The maximum absolute atomic E-state index is 12.9. The van der Waals surface area contributed by atoms with Gasteiger partial charge in [0.15, 0.2) is 0 Å². The van der Waals surface area contributed by atoms with E-state index in [9.17, 15) is 18.4 Å². The summed E-state index contributed by atoms with van der Waals surface area (Å²) in [6.07, 6.45) is -2.49. The maximum Gasteiger partial charge on any atom is 0.416 e. The van der Waals surface area contributed by atoms with Crippen molar-refractivity contribution in [2.75, 3.05) is 0 Å². The van der Waals surface area contributed by atoms with Gasteiger partial charge in [-0.2, -0.15) is 17.9 Å². The molecule has 0 saturated heterocycles. The molecule has 1 heterocycles. The zero-order valence-corrected chi connectivity index (χ0v) is 14.7. The van der Waals surface area contributed by atoms with Crippen LogP contribution in [0, 0.1) is 5.21 Å². The van der Waals surface area contributed by atoms with Crippen LogP contribution in [0.15, 0.2) is 90.5 Å². The summed E-state index contributed by atoms with van der Waals surface area (Å²) in [5, 5.41) is 12.9. The Morgan fingerprint density at radius 3 is 1.93 bits per heavy atom. The van der Waals surface area contributed by atoms with Crippen LogP contribution in [0.5, 0.6) is 0 Å². The van der Waals surface area contributed by atoms with Gasteiger partial charge >= 0.3 is 6.18 Å². The largest absolute Gasteiger partial charge is 0.623 e. The number of rotatable bonds is 3. The summed E-state index contributed by atoms with van der Waals surface area (Å²) < 4.78 is 39.4. The van der Waals surface area contributed by atoms with Gasteiger partial charge in [0.2, 0.25) is 11.8 Å². The van der Waals surface area contributed by atoms with Gasteiger partial charge in [0.05, 0.1) is 11.1 Å². The van der Waals surface area contributed by atoms with Crippen LogP contribution in [-0.4, -0.2) is 10.5 Å². The molecule has 0 amide bonds. The monoisotopic (exact) mass is 379 g/mol. The van der Waals surface area contributed by atoms with Crippen molar-refractivity contribution >= 4 is 11.8 Å². The zero-order chi connectivity index (χ0) is 19.7. The Morgan fingerprint density at radius 1 is 0.786 bits per heavy atom. The number of benzene rings is 3. The van der Waals surface area contributed by atoms with E-state index in [0.717, 1.165) is 33.6 Å². The molecule has 0 aromatic heterocycles. The summed E-state index contributed by atoms with van der Waals surface area (Å²) in [7, 11) is 0. The first-order chi connectivity index (χ1) is 13.4. The quantitative estimate of drug-likeness (QED) is 0.414. The van der Waals surface area contributed by atoms with Gasteiger partial charge in [-0.1, -0.05) is 60.7 Å². The number of halogens is 3. The Morgan fingerprint density at radius 2 is 1.36 bits per heavy atom. The molecular weight excluding hydrogens is 363 g/mol. The van der Waals surface area contributed by atoms with Crippen molar-refractivity contribution in [1.82, 2.24) is 0 Å². The molecule has 1 atom stereocenters. The maximum atomic E-state index is 12.9. The minimum atomic E-state index is -4.40. The lowest BCUT2D eigenvalue weighted by atomic mass is 9.84. The molecule has 4 rings (SSSR count). The standard InChI is InChI=1S/C23H16F3NO/c24-23(25,26)19-13-11-18(12-14-19)22-20(15-16-7-3-1-4-8-16)21(27(22)28)17-9-5-2-6-10-17/h1-15,22H/b20-15-. The highest BCUT2D eigenvalue weighted by atomic mass is 19.4. The van der Waals surface area contributed by atoms with E-state index in [1.54, 1.807) is 0 Å². The van der Waals surface area contributed by atoms with E-state index in [0.29, 0.717) is 11.3 Å². The number of alkyl halides is 3. The van der Waals surface area contributed by atoms with Gasteiger partial charge in [0.1, 0.15) is 0 Å². The van der Waals surface area contributed by atoms with E-state index >= 15 is 0 Å². The molecule has 1 aliphatic heterocycles. The molecule has 5 heteroatoms. The summed E-state index contributed by atoms with van der Waals surface area (Å²) in [5.41, 5.74) is 2.83. The van der Waals surface area contributed by atoms with Gasteiger partial charge < -0.3 is 5.21 Å². The van der Waals surface area contributed by atoms with Crippen LogP contribution in [-0.2, 0) is 6.18 Å². The molecule has 3 aromatic rings. The molecule has 0 radical (unpaired) electrons. The van der Waals surface area contributed by atoms with Gasteiger partial charge in [-0.3, -0.25) is 0 Å². The van der Waals surface area contributed by atoms with Crippen LogP contribution in [0.3, 0.4) is 0 Å². The Balaban J connectivity index is 1.79. The second-order valence-corrected chi connectivity index (χ2v) is 6.57. The Labute approximate surface area is 160 Å². The predicted molar refractivity (Wildman–Crippen MR) is 103 cm³/mol. The van der Waals surface area contributed by atoms with Gasteiger partial charge in [-0.25, -0.2) is 0 Å². The number of hydroxylamine groups is 1. The van der Waals surface area contributed by atoms with E-state index in [-0.39, 0.29) is 0 Å². The zero-order valence-electron chi connectivity index (χ0n) is 14.7. The third kappa shape index (κ3) is 3.31. The molecule has 0 aliphatic carbocycles. The molecule has 28 heavy (non-hydrogen) atoms. The van der Waals surface area contributed by atoms with E-state index in [1.165, 1.54) is 12.1 Å². The topological polar surface area (TPSA) is 26.1 Å². The van der Waals surface area contributed by atoms with E-state index in [1.807, 2.05) is 66.7 Å². The second kappa shape index (κ2) is 7.00. The molecule has 0 N–H and O–H groups in total. The third-order valence-corrected chi connectivity index (χ3v) is 4.75. The molecule has 0 fully saturated rings. The molecule has 3 aromatic carbocycles. The first-order valence-corrected chi connectivity index (χ1v) is 8.78. The van der Waals surface area contributed by atoms with Crippen LogP contribution < -0.4 is 0 Å². The molecule has 2 nitrogen and oxygen atoms in total. The Kier molecular flexibility index (Phi) is 4.51. The minimum Gasteiger partial charge on any atom is -0.623 e. The fourth-order valence-electron chi connectivity index (χ4n) is 3.38. The lowest BCUT2D eigenvalue weighted by Crippen LogP contribution is -2.37. The third-order valence-electron chi connectivity index (χ3n) is 4.75. The SMILES string of the molecule is [O-][N+]1=C(c2ccccc2)/C(=C/c2ccccc2)C1c1ccc(C(F)(F)F)cc1. The van der Waals surface area contributed by atoms with E-state index in [4.69, 9.17) is 0 Å². The molecule has 1 unspecified atom stereocenters. The van der Waals surface area contributed by atoms with E-state index < -0.39 is 17.8 Å². The average Bonchev–Trinajstić information content (AvgIpc) is 2.69. The molecular formula is C23H16F3NO. The normalized spacial score (nSPS) is 18.2. The highest BCUT2D eigenvalue weighted by Crippen LogP contribution is 2.39. The highest BCUT2D eigenvalue weighted by molar-refractivity contribution is 6.15. The lowest BCUT2D eigenvalue weighted by molar-refractivity contribution is -0.516. The summed E-state index contributed by atoms with van der Waals surface area (Å²) >= 11 is 0. The van der Waals surface area contributed by atoms with E-state index in [2.05, 4.69) is 0 Å². The van der Waals surface area contributed by atoms with Crippen LogP contribution in [0.4, 0.5) is 13.2 Å². The first-order valence-electron chi connectivity index (χ1n) is 8.78. The molecule has 0 bridgehead atoms. The van der Waals surface area contributed by atoms with Crippen molar-refractivity contribution in [1.29, 1.82) is 0 Å². The van der Waals surface area contributed by atoms with Gasteiger partial charge in [0, 0.05) is 11.1 Å². The highest BCUT2D eigenvalue weighted by Gasteiger charge is 2.43. The first kappa shape index (κ1) is 18.0. The van der Waals surface area contributed by atoms with Crippen LogP contribution in [0.25, 0.3) is 6.08 Å². The average molecular weight is 379 g/mol. The molecule has 0 saturated carbocycles. The Bertz CT molecular complexity index is 1040. The fraction of sp³-hybridized carbons (Fsp3) is 0.0870. The van der Waals surface area contributed by atoms with Crippen LogP contribution >= 0.6 is 0 Å². The number of hydrogen-bond acceptors (Lipinski definition) is 1. The van der Waals surface area contributed by atoms with Crippen molar-refractivity contribution in [3.63, 3.8) is 0 Å². The fourth-order valence-corrected chi connectivity index (χ4v) is 3.38. The second-order valence-electron chi connectivity index (χ2n) is 6.57. The van der Waals surface area contributed by atoms with Gasteiger partial charge in [-0.15, -0.1) is 0 Å². The van der Waals surface area contributed by atoms with Gasteiger partial charge in [0.25, 0.3) is 0 Å². The smallest absolute Gasteiger partial charge is 0.416 e. The van der Waals surface area contributed by atoms with Crippen molar-refractivity contribution in [2.45, 2.75) is 12.2 Å². The summed E-state index contributed by atoms with van der Waals surface area (Å²) in [5.74, 6) is 0.